The molecule has 11 heteroatoms. The van der Waals surface area contributed by atoms with Gasteiger partial charge in [0.1, 0.15) is 29.7 Å². The highest BCUT2D eigenvalue weighted by Crippen LogP contribution is 2.35. The Morgan fingerprint density at radius 1 is 0.970 bits per heavy atom. The van der Waals surface area contributed by atoms with E-state index in [0.29, 0.717) is 5.75 Å². The molecule has 0 fully saturated rings. The summed E-state index contributed by atoms with van der Waals surface area (Å²) >= 11 is 0. The molecule has 2 aromatic carbocycles. The molecule has 1 aliphatic heterocycles. The number of carbonyl (C=O) groups excluding carboxylic acids is 2. The van der Waals surface area contributed by atoms with Gasteiger partial charge in [-0.05, 0) is 12.1 Å². The average molecular weight is 467 g/mol. The third-order valence-electron chi connectivity index (χ3n) is 4.39. The highest BCUT2D eigenvalue weighted by Gasteiger charge is 2.33. The smallest absolute Gasteiger partial charge is 0.422 e. The predicted octanol–water partition coefficient (Wildman–Crippen LogP) is 3.81. The second-order valence-electron chi connectivity index (χ2n) is 6.70. The highest BCUT2D eigenvalue weighted by molar-refractivity contribution is 6.03. The van der Waals surface area contributed by atoms with Crippen LogP contribution in [0.3, 0.4) is 0 Å². The molecule has 176 valence electrons. The van der Waals surface area contributed by atoms with Gasteiger partial charge in [-0.15, -0.1) is 0 Å². The van der Waals surface area contributed by atoms with E-state index in [-0.39, 0.29) is 41.8 Å². The Hall–Kier alpha value is -3.73. The zero-order valence-electron chi connectivity index (χ0n) is 17.7. The third-order valence-corrected chi connectivity index (χ3v) is 4.39. The average Bonchev–Trinajstić information content (AvgIpc) is 2.81. The third kappa shape index (κ3) is 6.16. The first-order valence-electron chi connectivity index (χ1n) is 9.54. The first-order chi connectivity index (χ1) is 15.7. The molecule has 33 heavy (non-hydrogen) atoms. The van der Waals surface area contributed by atoms with Crippen LogP contribution in [0.4, 0.5) is 18.9 Å². The van der Waals surface area contributed by atoms with E-state index in [9.17, 15) is 22.8 Å². The number of esters is 2. The normalized spacial score (nSPS) is 14.0. The summed E-state index contributed by atoms with van der Waals surface area (Å²) in [6.45, 7) is -1.95. The zero-order chi connectivity index (χ0) is 24.0. The number of rotatable bonds is 7. The van der Waals surface area contributed by atoms with Crippen molar-refractivity contribution < 1.29 is 46.4 Å². The van der Waals surface area contributed by atoms with E-state index in [1.54, 1.807) is 30.3 Å². The molecule has 0 aromatic heterocycles. The largest absolute Gasteiger partial charge is 0.484 e. The molecule has 2 aromatic rings. The Morgan fingerprint density at radius 2 is 1.64 bits per heavy atom. The topological polar surface area (TPSA) is 83.5 Å². The summed E-state index contributed by atoms with van der Waals surface area (Å²) in [6.07, 6.45) is -4.57. The van der Waals surface area contributed by atoms with Crippen LogP contribution in [0.2, 0.25) is 0 Å². The van der Waals surface area contributed by atoms with Gasteiger partial charge in [0.15, 0.2) is 6.61 Å². The van der Waals surface area contributed by atoms with E-state index in [1.165, 1.54) is 23.1 Å². The van der Waals surface area contributed by atoms with Crippen LogP contribution in [0.25, 0.3) is 0 Å². The van der Waals surface area contributed by atoms with E-state index >= 15 is 0 Å². The molecule has 3 rings (SSSR count). The molecule has 1 heterocycles. The number of para-hydroxylation sites is 1. The predicted molar refractivity (Wildman–Crippen MR) is 109 cm³/mol. The molecule has 0 unspecified atom stereocenters. The number of halogens is 3. The number of hydrogen-bond donors (Lipinski definition) is 0. The van der Waals surface area contributed by atoms with Crippen LogP contribution in [-0.4, -0.2) is 52.3 Å². The molecule has 0 saturated carbocycles. The molecule has 0 aliphatic carbocycles. The SMILES string of the molecule is COC(=O)C1=C(C(=O)OC)N(c2cc(OCC(F)(F)F)cc(Oc3ccccc3)c2)COC1. The fourth-order valence-electron chi connectivity index (χ4n) is 2.99. The highest BCUT2D eigenvalue weighted by atomic mass is 19.4. The molecule has 8 nitrogen and oxygen atoms in total. The second-order valence-corrected chi connectivity index (χ2v) is 6.70. The van der Waals surface area contributed by atoms with Crippen molar-refractivity contribution in [1.29, 1.82) is 0 Å². The lowest BCUT2D eigenvalue weighted by molar-refractivity contribution is -0.153. The number of hydrogen-bond acceptors (Lipinski definition) is 8. The van der Waals surface area contributed by atoms with Gasteiger partial charge in [-0.25, -0.2) is 9.59 Å². The zero-order valence-corrected chi connectivity index (χ0v) is 17.7. The lowest BCUT2D eigenvalue weighted by atomic mass is 10.1. The monoisotopic (exact) mass is 467 g/mol. The van der Waals surface area contributed by atoms with Crippen molar-refractivity contribution in [3.8, 4) is 17.2 Å². The fourth-order valence-corrected chi connectivity index (χ4v) is 2.99. The van der Waals surface area contributed by atoms with Gasteiger partial charge in [0.05, 0.1) is 32.1 Å². The van der Waals surface area contributed by atoms with Crippen molar-refractivity contribution in [3.63, 3.8) is 0 Å². The fraction of sp³-hybridized carbons (Fsp3) is 0.273. The first kappa shape index (κ1) is 23.9. The first-order valence-corrected chi connectivity index (χ1v) is 9.54. The number of benzene rings is 2. The summed E-state index contributed by atoms with van der Waals surface area (Å²) in [5, 5.41) is 0. The molecule has 0 radical (unpaired) electrons. The summed E-state index contributed by atoms with van der Waals surface area (Å²) in [5.41, 5.74) is -0.112. The van der Waals surface area contributed by atoms with Crippen molar-refractivity contribution in [2.75, 3.05) is 39.1 Å². The van der Waals surface area contributed by atoms with Crippen LogP contribution in [0.1, 0.15) is 0 Å². The Labute approximate surface area is 187 Å². The Kier molecular flexibility index (Phi) is 7.44. The van der Waals surface area contributed by atoms with Gasteiger partial charge in [0, 0.05) is 18.2 Å². The number of carbonyl (C=O) groups is 2. The van der Waals surface area contributed by atoms with Crippen molar-refractivity contribution in [3.05, 3.63) is 59.8 Å². The summed E-state index contributed by atoms with van der Waals surface area (Å²) in [5.74, 6) is -1.29. The number of methoxy groups -OCH3 is 2. The maximum Gasteiger partial charge on any atom is 0.422 e. The summed E-state index contributed by atoms with van der Waals surface area (Å²) < 4.78 is 63.8. The van der Waals surface area contributed by atoms with Crippen molar-refractivity contribution in [2.24, 2.45) is 0 Å². The molecular weight excluding hydrogens is 447 g/mol. The van der Waals surface area contributed by atoms with Gasteiger partial charge in [0.2, 0.25) is 0 Å². The number of anilines is 1. The minimum atomic E-state index is -4.57. The Bertz CT molecular complexity index is 1040. The van der Waals surface area contributed by atoms with Crippen LogP contribution in [0, 0.1) is 0 Å². The van der Waals surface area contributed by atoms with Crippen LogP contribution in [-0.2, 0) is 23.8 Å². The molecule has 0 saturated heterocycles. The maximum absolute atomic E-state index is 12.7. The number of alkyl halides is 3. The molecule has 0 bridgehead atoms. The van der Waals surface area contributed by atoms with E-state index in [2.05, 4.69) is 0 Å². The van der Waals surface area contributed by atoms with Crippen LogP contribution >= 0.6 is 0 Å². The molecule has 1 aliphatic rings. The van der Waals surface area contributed by atoms with Gasteiger partial charge in [-0.1, -0.05) is 18.2 Å². The van der Waals surface area contributed by atoms with Gasteiger partial charge in [-0.2, -0.15) is 13.2 Å². The Balaban J connectivity index is 2.07. The van der Waals surface area contributed by atoms with Gasteiger partial charge in [0.25, 0.3) is 0 Å². The van der Waals surface area contributed by atoms with Crippen LogP contribution in [0.15, 0.2) is 59.8 Å². The minimum Gasteiger partial charge on any atom is -0.484 e. The maximum atomic E-state index is 12.7. The van der Waals surface area contributed by atoms with Gasteiger partial charge < -0.3 is 28.6 Å². The van der Waals surface area contributed by atoms with E-state index in [4.69, 9.17) is 23.7 Å². The molecule has 0 atom stereocenters. The Morgan fingerprint density at radius 3 is 2.27 bits per heavy atom. The molecular formula is C22H20F3NO7. The summed E-state index contributed by atoms with van der Waals surface area (Å²) in [7, 11) is 2.27. The van der Waals surface area contributed by atoms with Crippen LogP contribution in [0.5, 0.6) is 17.2 Å². The van der Waals surface area contributed by atoms with Gasteiger partial charge >= 0.3 is 18.1 Å². The van der Waals surface area contributed by atoms with Crippen molar-refractivity contribution in [1.82, 2.24) is 0 Å². The van der Waals surface area contributed by atoms with Gasteiger partial charge in [-0.3, -0.25) is 0 Å². The second kappa shape index (κ2) is 10.3. The summed E-state index contributed by atoms with van der Waals surface area (Å²) in [4.78, 5) is 26.0. The standard InChI is InChI=1S/C22H20F3NO7/c1-29-20(27)18-11-31-13-26(19(18)21(28)30-2)14-8-16(32-12-22(23,24)25)10-17(9-14)33-15-6-4-3-5-7-15/h3-10H,11-13H2,1-2H3. The molecule has 0 amide bonds. The number of ether oxygens (including phenoxy) is 5. The van der Waals surface area contributed by atoms with Crippen molar-refractivity contribution in [2.45, 2.75) is 6.18 Å². The lowest BCUT2D eigenvalue weighted by Gasteiger charge is -2.31. The van der Waals surface area contributed by atoms with E-state index < -0.39 is 24.7 Å². The summed E-state index contributed by atoms with van der Waals surface area (Å²) in [6, 6.07) is 12.5. The van der Waals surface area contributed by atoms with E-state index in [0.717, 1.165) is 14.2 Å². The van der Waals surface area contributed by atoms with Crippen LogP contribution < -0.4 is 14.4 Å². The van der Waals surface area contributed by atoms with E-state index in [1.807, 2.05) is 0 Å². The quantitative estimate of drug-likeness (QED) is 0.569. The molecule has 0 spiro atoms. The molecule has 0 N–H and O–H groups in total. The van der Waals surface area contributed by atoms with Crippen molar-refractivity contribution >= 4 is 17.6 Å². The lowest BCUT2D eigenvalue weighted by Crippen LogP contribution is -2.38. The minimum absolute atomic E-state index is 0.109. The number of nitrogens with zero attached hydrogens (tertiary/aromatic N) is 1.